The number of nitrogens with two attached hydrogens (primary N) is 1. The molecule has 0 unspecified atom stereocenters. The number of nitro groups is 1. The minimum Gasteiger partial charge on any atom is -0.393 e. The van der Waals surface area contributed by atoms with E-state index < -0.39 is 20.6 Å². The lowest BCUT2D eigenvalue weighted by atomic mass is 10.2. The van der Waals surface area contributed by atoms with Crippen LogP contribution >= 0.6 is 0 Å². The predicted molar refractivity (Wildman–Crippen MR) is 79.5 cm³/mol. The van der Waals surface area contributed by atoms with E-state index >= 15 is 0 Å². The molecule has 0 aliphatic rings. The Balaban J connectivity index is 2.40. The quantitative estimate of drug-likeness (QED) is 0.511. The molecular formula is C13H13N3O4S. The number of hydrogen-bond donors (Lipinski definition) is 2. The largest absolute Gasteiger partial charge is 0.393 e. The van der Waals surface area contributed by atoms with Crippen LogP contribution in [0.1, 0.15) is 5.56 Å². The molecule has 2 aromatic carbocycles. The molecule has 2 rings (SSSR count). The van der Waals surface area contributed by atoms with Crippen LogP contribution in [0.2, 0.25) is 0 Å². The third-order valence-electron chi connectivity index (χ3n) is 2.78. The Hall–Kier alpha value is -2.61. The average Bonchev–Trinajstić information content (AvgIpc) is 2.38. The fourth-order valence-electron chi connectivity index (χ4n) is 1.77. The summed E-state index contributed by atoms with van der Waals surface area (Å²) in [4.78, 5) is 9.88. The molecule has 3 N–H and O–H groups in total. The summed E-state index contributed by atoms with van der Waals surface area (Å²) in [5, 5.41) is 10.8. The van der Waals surface area contributed by atoms with Gasteiger partial charge < -0.3 is 5.73 Å². The molecule has 0 saturated carbocycles. The molecule has 21 heavy (non-hydrogen) atoms. The van der Waals surface area contributed by atoms with Gasteiger partial charge in [0.25, 0.3) is 15.7 Å². The molecule has 8 heteroatoms. The van der Waals surface area contributed by atoms with Crippen molar-refractivity contribution in [2.24, 2.45) is 0 Å². The van der Waals surface area contributed by atoms with E-state index in [1.165, 1.54) is 12.1 Å². The van der Waals surface area contributed by atoms with Crippen LogP contribution in [0.25, 0.3) is 0 Å². The van der Waals surface area contributed by atoms with Gasteiger partial charge in [0.1, 0.15) is 5.69 Å². The second kappa shape index (κ2) is 5.41. The summed E-state index contributed by atoms with van der Waals surface area (Å²) in [5.41, 5.74) is 6.19. The van der Waals surface area contributed by atoms with Crippen LogP contribution in [0.15, 0.2) is 47.4 Å². The molecule has 0 heterocycles. The molecule has 0 atom stereocenters. The molecule has 0 bridgehead atoms. The zero-order chi connectivity index (χ0) is 15.6. The van der Waals surface area contributed by atoms with Gasteiger partial charge in [-0.2, -0.15) is 0 Å². The van der Waals surface area contributed by atoms with Gasteiger partial charge in [0.15, 0.2) is 0 Å². The molecule has 110 valence electrons. The highest BCUT2D eigenvalue weighted by Crippen LogP contribution is 2.26. The molecular weight excluding hydrogens is 294 g/mol. The second-order valence-corrected chi connectivity index (χ2v) is 6.14. The maximum atomic E-state index is 12.2. The van der Waals surface area contributed by atoms with Crippen LogP contribution in [0.4, 0.5) is 17.1 Å². The summed E-state index contributed by atoms with van der Waals surface area (Å²) in [7, 11) is -3.91. The summed E-state index contributed by atoms with van der Waals surface area (Å²) in [6.45, 7) is 1.83. The molecule has 2 aromatic rings. The fraction of sp³-hybridized carbons (Fsp3) is 0.0769. The highest BCUT2D eigenvalue weighted by Gasteiger charge is 2.20. The molecule has 0 spiro atoms. The molecule has 0 aromatic heterocycles. The van der Waals surface area contributed by atoms with Crippen molar-refractivity contribution in [1.29, 1.82) is 0 Å². The van der Waals surface area contributed by atoms with Crippen molar-refractivity contribution < 1.29 is 13.3 Å². The van der Waals surface area contributed by atoms with Crippen LogP contribution in [0, 0.1) is 17.0 Å². The van der Waals surface area contributed by atoms with Crippen LogP contribution in [-0.4, -0.2) is 13.3 Å². The first-order chi connectivity index (χ1) is 9.79. The number of hydrogen-bond acceptors (Lipinski definition) is 5. The Bertz CT molecular complexity index is 803. The summed E-state index contributed by atoms with van der Waals surface area (Å²) >= 11 is 0. The zero-order valence-electron chi connectivity index (χ0n) is 11.1. The number of nitrogen functional groups attached to an aromatic ring is 1. The van der Waals surface area contributed by atoms with Gasteiger partial charge in [-0.3, -0.25) is 14.8 Å². The normalized spacial score (nSPS) is 11.1. The zero-order valence-corrected chi connectivity index (χ0v) is 11.9. The van der Waals surface area contributed by atoms with Gasteiger partial charge in [-0.25, -0.2) is 8.42 Å². The van der Waals surface area contributed by atoms with E-state index in [9.17, 15) is 18.5 Å². The standard InChI is InChI=1S/C13H13N3O4S/c1-9-3-2-4-10(7-9)15-21(19,20)11-5-6-12(14)13(8-11)16(17)18/h2-8,15H,14H2,1H3. The van der Waals surface area contributed by atoms with Gasteiger partial charge in [-0.05, 0) is 36.8 Å². The fourth-order valence-corrected chi connectivity index (χ4v) is 2.84. The average molecular weight is 307 g/mol. The van der Waals surface area contributed by atoms with E-state index in [4.69, 9.17) is 5.73 Å². The van der Waals surface area contributed by atoms with E-state index in [-0.39, 0.29) is 10.6 Å². The van der Waals surface area contributed by atoms with Crippen molar-refractivity contribution in [3.8, 4) is 0 Å². The number of nitrogens with one attached hydrogen (secondary N) is 1. The third-order valence-corrected chi connectivity index (χ3v) is 4.16. The van der Waals surface area contributed by atoms with Gasteiger partial charge >= 0.3 is 0 Å². The Kier molecular flexibility index (Phi) is 3.81. The topological polar surface area (TPSA) is 115 Å². The van der Waals surface area contributed by atoms with Gasteiger partial charge in [-0.15, -0.1) is 0 Å². The van der Waals surface area contributed by atoms with Crippen LogP contribution in [0.3, 0.4) is 0 Å². The number of aryl methyl sites for hydroxylation is 1. The Morgan fingerprint density at radius 2 is 1.90 bits per heavy atom. The molecule has 0 saturated heterocycles. The number of nitro benzene ring substituents is 1. The Morgan fingerprint density at radius 3 is 2.52 bits per heavy atom. The first-order valence-corrected chi connectivity index (χ1v) is 7.41. The highest BCUT2D eigenvalue weighted by atomic mass is 32.2. The van der Waals surface area contributed by atoms with Gasteiger partial charge in [-0.1, -0.05) is 12.1 Å². The Labute approximate surface area is 121 Å². The first kappa shape index (κ1) is 14.8. The van der Waals surface area contributed by atoms with Crippen molar-refractivity contribution in [2.45, 2.75) is 11.8 Å². The van der Waals surface area contributed by atoms with Crippen LogP contribution in [0.5, 0.6) is 0 Å². The van der Waals surface area contributed by atoms with E-state index in [0.29, 0.717) is 5.69 Å². The van der Waals surface area contributed by atoms with Crippen molar-refractivity contribution in [3.63, 3.8) is 0 Å². The molecule has 0 aliphatic heterocycles. The lowest BCUT2D eigenvalue weighted by molar-refractivity contribution is -0.384. The maximum absolute atomic E-state index is 12.2. The lowest BCUT2D eigenvalue weighted by Gasteiger charge is -2.09. The van der Waals surface area contributed by atoms with Crippen molar-refractivity contribution in [3.05, 3.63) is 58.1 Å². The Morgan fingerprint density at radius 1 is 1.19 bits per heavy atom. The van der Waals surface area contributed by atoms with Crippen molar-refractivity contribution in [2.75, 3.05) is 10.5 Å². The molecule has 0 amide bonds. The van der Waals surface area contributed by atoms with E-state index in [2.05, 4.69) is 4.72 Å². The number of rotatable bonds is 4. The summed E-state index contributed by atoms with van der Waals surface area (Å²) in [5.74, 6) is 0. The van der Waals surface area contributed by atoms with Crippen molar-refractivity contribution in [1.82, 2.24) is 0 Å². The predicted octanol–water partition coefficient (Wildman–Crippen LogP) is 2.29. The van der Waals surface area contributed by atoms with Gasteiger partial charge in [0.2, 0.25) is 0 Å². The highest BCUT2D eigenvalue weighted by molar-refractivity contribution is 7.92. The second-order valence-electron chi connectivity index (χ2n) is 4.45. The number of anilines is 2. The molecule has 7 nitrogen and oxygen atoms in total. The van der Waals surface area contributed by atoms with Crippen molar-refractivity contribution >= 4 is 27.1 Å². The number of nitrogens with zero attached hydrogens (tertiary/aromatic N) is 1. The molecule has 0 radical (unpaired) electrons. The van der Waals surface area contributed by atoms with Crippen LogP contribution < -0.4 is 10.5 Å². The minimum absolute atomic E-state index is 0.0884. The van der Waals surface area contributed by atoms with Gasteiger partial charge in [0, 0.05) is 11.8 Å². The number of sulfonamides is 1. The SMILES string of the molecule is Cc1cccc(NS(=O)(=O)c2ccc(N)c([N+](=O)[O-])c2)c1. The first-order valence-electron chi connectivity index (χ1n) is 5.93. The summed E-state index contributed by atoms with van der Waals surface area (Å²) in [6.07, 6.45) is 0. The molecule has 0 aliphatic carbocycles. The van der Waals surface area contributed by atoms with Crippen LogP contribution in [-0.2, 0) is 10.0 Å². The lowest BCUT2D eigenvalue weighted by Crippen LogP contribution is -2.13. The molecule has 0 fully saturated rings. The summed E-state index contributed by atoms with van der Waals surface area (Å²) in [6, 6.07) is 10.1. The number of benzene rings is 2. The van der Waals surface area contributed by atoms with Gasteiger partial charge in [0.05, 0.1) is 9.82 Å². The van der Waals surface area contributed by atoms with E-state index in [1.54, 1.807) is 18.2 Å². The minimum atomic E-state index is -3.91. The summed E-state index contributed by atoms with van der Waals surface area (Å²) < 4.78 is 26.8. The third kappa shape index (κ3) is 3.29. The smallest absolute Gasteiger partial charge is 0.293 e. The monoisotopic (exact) mass is 307 g/mol. The van der Waals surface area contributed by atoms with E-state index in [1.807, 2.05) is 13.0 Å². The van der Waals surface area contributed by atoms with E-state index in [0.717, 1.165) is 11.6 Å². The maximum Gasteiger partial charge on any atom is 0.293 e.